The summed E-state index contributed by atoms with van der Waals surface area (Å²) < 4.78 is 26.6. The number of nitrogens with zero attached hydrogens (tertiary/aromatic N) is 2. The van der Waals surface area contributed by atoms with Crippen molar-refractivity contribution >= 4 is 23.5 Å². The molecule has 0 unspecified atom stereocenters. The first kappa shape index (κ1) is 17.8. The average Bonchev–Trinajstić information content (AvgIpc) is 2.86. The van der Waals surface area contributed by atoms with Crippen molar-refractivity contribution in [3.05, 3.63) is 29.8 Å². The lowest BCUT2D eigenvalue weighted by molar-refractivity contribution is -0.143. The van der Waals surface area contributed by atoms with Gasteiger partial charge in [-0.05, 0) is 18.6 Å². The summed E-state index contributed by atoms with van der Waals surface area (Å²) in [5, 5.41) is 8.89. The summed E-state index contributed by atoms with van der Waals surface area (Å²) in [6, 6.07) is 2.77. The Kier molecular flexibility index (Phi) is 5.16. The van der Waals surface area contributed by atoms with Crippen molar-refractivity contribution in [3.63, 3.8) is 0 Å². The highest BCUT2D eigenvalue weighted by molar-refractivity contribution is 6.09. The normalized spacial score (nSPS) is 18.6. The zero-order chi connectivity index (χ0) is 18.0. The Hall–Kier alpha value is -2.51. The highest BCUT2D eigenvalue weighted by atomic mass is 19.1. The molecule has 0 aliphatic carbocycles. The van der Waals surface area contributed by atoms with Crippen LogP contribution in [0.15, 0.2) is 18.2 Å². The lowest BCUT2D eigenvalue weighted by atomic mass is 10.1. The highest BCUT2D eigenvalue weighted by Crippen LogP contribution is 2.27. The molecule has 0 radical (unpaired) electrons. The van der Waals surface area contributed by atoms with Crippen LogP contribution in [-0.4, -0.2) is 47.9 Å². The first-order valence-electron chi connectivity index (χ1n) is 7.46. The van der Waals surface area contributed by atoms with Crippen molar-refractivity contribution < 1.29 is 28.3 Å². The largest absolute Gasteiger partial charge is 0.481 e. The third-order valence-corrected chi connectivity index (χ3v) is 4.01. The average molecular weight is 340 g/mol. The second kappa shape index (κ2) is 6.94. The van der Waals surface area contributed by atoms with E-state index in [1.807, 2.05) is 0 Å². The number of aliphatic carboxylic acids is 1. The highest BCUT2D eigenvalue weighted by Gasteiger charge is 2.39. The van der Waals surface area contributed by atoms with E-state index in [0.717, 1.165) is 12.1 Å². The van der Waals surface area contributed by atoms with Crippen LogP contribution in [0.25, 0.3) is 0 Å². The Morgan fingerprint density at radius 3 is 2.46 bits per heavy atom. The molecule has 1 aliphatic rings. The summed E-state index contributed by atoms with van der Waals surface area (Å²) in [7, 11) is 1.43. The lowest BCUT2D eigenvalue weighted by Crippen LogP contribution is -2.40. The molecule has 8 heteroatoms. The van der Waals surface area contributed by atoms with Crippen LogP contribution in [0, 0.1) is 23.5 Å². The van der Waals surface area contributed by atoms with Gasteiger partial charge in [0.15, 0.2) is 0 Å². The second-order valence-electron chi connectivity index (χ2n) is 5.92. The maximum Gasteiger partial charge on any atom is 0.308 e. The maximum atomic E-state index is 13.3. The first-order valence-corrected chi connectivity index (χ1v) is 7.46. The molecule has 1 aliphatic heterocycles. The number of carboxylic acids is 1. The van der Waals surface area contributed by atoms with Crippen molar-refractivity contribution in [2.45, 2.75) is 13.3 Å². The zero-order valence-electron chi connectivity index (χ0n) is 13.3. The number of amides is 2. The predicted molar refractivity (Wildman–Crippen MR) is 81.3 cm³/mol. The van der Waals surface area contributed by atoms with Gasteiger partial charge < -0.3 is 14.9 Å². The van der Waals surface area contributed by atoms with Crippen molar-refractivity contribution in [2.24, 2.45) is 11.8 Å². The number of hydrogen-bond acceptors (Lipinski definition) is 3. The van der Waals surface area contributed by atoms with E-state index in [1.54, 1.807) is 0 Å². The molecule has 0 spiro atoms. The van der Waals surface area contributed by atoms with E-state index in [4.69, 9.17) is 5.11 Å². The summed E-state index contributed by atoms with van der Waals surface area (Å²) in [6.45, 7) is 1.61. The molecule has 6 nitrogen and oxygen atoms in total. The van der Waals surface area contributed by atoms with Crippen LogP contribution in [0.1, 0.15) is 13.3 Å². The molecule has 1 N–H and O–H groups in total. The molecule has 1 saturated heterocycles. The lowest BCUT2D eigenvalue weighted by Gasteiger charge is -2.22. The molecule has 0 aromatic heterocycles. The molecule has 2 rings (SSSR count). The van der Waals surface area contributed by atoms with Gasteiger partial charge in [-0.3, -0.25) is 14.4 Å². The minimum atomic E-state index is -1.04. The summed E-state index contributed by atoms with van der Waals surface area (Å²) in [4.78, 5) is 38.0. The van der Waals surface area contributed by atoms with Gasteiger partial charge in [-0.15, -0.1) is 0 Å². The van der Waals surface area contributed by atoms with Gasteiger partial charge >= 0.3 is 5.97 Å². The third kappa shape index (κ3) is 3.69. The topological polar surface area (TPSA) is 77.9 Å². The van der Waals surface area contributed by atoms with Crippen molar-refractivity contribution in [3.8, 4) is 0 Å². The minimum Gasteiger partial charge on any atom is -0.481 e. The van der Waals surface area contributed by atoms with Crippen LogP contribution in [0.2, 0.25) is 0 Å². The van der Waals surface area contributed by atoms with Gasteiger partial charge in [0.05, 0.1) is 5.92 Å². The van der Waals surface area contributed by atoms with E-state index in [-0.39, 0.29) is 25.2 Å². The van der Waals surface area contributed by atoms with Crippen LogP contribution in [0.4, 0.5) is 14.5 Å². The van der Waals surface area contributed by atoms with Crippen LogP contribution in [-0.2, 0) is 14.4 Å². The molecule has 1 aromatic rings. The molecule has 1 fully saturated rings. The van der Waals surface area contributed by atoms with Gasteiger partial charge in [0, 0.05) is 31.9 Å². The van der Waals surface area contributed by atoms with E-state index in [1.165, 1.54) is 23.8 Å². The number of benzene rings is 1. The maximum absolute atomic E-state index is 13.3. The smallest absolute Gasteiger partial charge is 0.308 e. The molecular weight excluding hydrogens is 322 g/mol. The van der Waals surface area contributed by atoms with Gasteiger partial charge in [-0.1, -0.05) is 6.92 Å². The molecule has 24 heavy (non-hydrogen) atoms. The summed E-state index contributed by atoms with van der Waals surface area (Å²) in [5.74, 6) is -5.41. The van der Waals surface area contributed by atoms with Crippen molar-refractivity contribution in [1.82, 2.24) is 4.90 Å². The van der Waals surface area contributed by atoms with E-state index < -0.39 is 41.3 Å². The summed E-state index contributed by atoms with van der Waals surface area (Å²) >= 11 is 0. The van der Waals surface area contributed by atoms with E-state index in [0.29, 0.717) is 6.07 Å². The van der Waals surface area contributed by atoms with Crippen LogP contribution >= 0.6 is 0 Å². The summed E-state index contributed by atoms with van der Waals surface area (Å²) in [5.41, 5.74) is 0.0642. The van der Waals surface area contributed by atoms with Gasteiger partial charge in [0.25, 0.3) is 0 Å². The Bertz CT molecular complexity index is 660. The predicted octanol–water partition coefficient (Wildman–Crippen LogP) is 1.50. The number of halogens is 2. The Balaban J connectivity index is 2.10. The molecule has 130 valence electrons. The standard InChI is InChI=1S/C16H18F2N2O4/c1-9(16(23)24)8-19(2)14(21)13-3-4-20(15(13)22)12-6-10(17)5-11(18)7-12/h5-7,9,13H,3-4,8H2,1-2H3,(H,23,24)/t9-,13+/m1/s1. The molecule has 2 atom stereocenters. The Morgan fingerprint density at radius 1 is 1.33 bits per heavy atom. The fourth-order valence-electron chi connectivity index (χ4n) is 2.71. The van der Waals surface area contributed by atoms with Crippen LogP contribution in [0.3, 0.4) is 0 Å². The fourth-order valence-corrected chi connectivity index (χ4v) is 2.71. The quantitative estimate of drug-likeness (QED) is 0.824. The van der Waals surface area contributed by atoms with Gasteiger partial charge in [0.1, 0.15) is 17.6 Å². The minimum absolute atomic E-state index is 0.0213. The monoisotopic (exact) mass is 340 g/mol. The van der Waals surface area contributed by atoms with E-state index in [2.05, 4.69) is 0 Å². The number of rotatable bonds is 5. The van der Waals surface area contributed by atoms with E-state index >= 15 is 0 Å². The molecule has 2 amide bonds. The van der Waals surface area contributed by atoms with Crippen LogP contribution in [0.5, 0.6) is 0 Å². The number of carbonyl (C=O) groups excluding carboxylic acids is 2. The SMILES string of the molecule is C[C@H](CN(C)C(=O)[C@@H]1CCN(c2cc(F)cc(F)c2)C1=O)C(=O)O. The molecule has 0 saturated carbocycles. The van der Waals surface area contributed by atoms with Crippen molar-refractivity contribution in [2.75, 3.05) is 25.0 Å². The second-order valence-corrected chi connectivity index (χ2v) is 5.92. The van der Waals surface area contributed by atoms with Crippen LogP contribution < -0.4 is 4.90 Å². The molecule has 0 bridgehead atoms. The third-order valence-electron chi connectivity index (χ3n) is 4.01. The van der Waals surface area contributed by atoms with E-state index in [9.17, 15) is 23.2 Å². The number of carbonyl (C=O) groups is 3. The zero-order valence-corrected chi connectivity index (χ0v) is 13.3. The fraction of sp³-hybridized carbons (Fsp3) is 0.438. The summed E-state index contributed by atoms with van der Waals surface area (Å²) in [6.07, 6.45) is 0.210. The molecule has 1 aromatic carbocycles. The number of carboxylic acid groups (broad SMARTS) is 1. The molecule has 1 heterocycles. The van der Waals surface area contributed by atoms with Gasteiger partial charge in [0.2, 0.25) is 11.8 Å². The first-order chi connectivity index (χ1) is 11.2. The van der Waals surface area contributed by atoms with Gasteiger partial charge in [-0.2, -0.15) is 0 Å². The van der Waals surface area contributed by atoms with Gasteiger partial charge in [-0.25, -0.2) is 8.78 Å². The number of hydrogen-bond donors (Lipinski definition) is 1. The Labute approximate surface area is 137 Å². The van der Waals surface area contributed by atoms with Crippen molar-refractivity contribution in [1.29, 1.82) is 0 Å². The molecular formula is C16H18F2N2O4. The number of anilines is 1. The Morgan fingerprint density at radius 2 is 1.92 bits per heavy atom.